The molecule has 2 aromatic carbocycles. The molecule has 4 nitrogen and oxygen atoms in total. The third kappa shape index (κ3) is 4.22. The maximum Gasteiger partial charge on any atom is 0.262 e. The maximum absolute atomic E-state index is 12.2. The highest BCUT2D eigenvalue weighted by molar-refractivity contribution is 9.10. The van der Waals surface area contributed by atoms with E-state index >= 15 is 0 Å². The summed E-state index contributed by atoms with van der Waals surface area (Å²) in [5.41, 5.74) is 3.42. The molecule has 0 saturated heterocycles. The summed E-state index contributed by atoms with van der Waals surface area (Å²) in [5, 5.41) is 3.49. The lowest BCUT2D eigenvalue weighted by Crippen LogP contribution is -2.20. The van der Waals surface area contributed by atoms with E-state index in [-0.39, 0.29) is 12.5 Å². The van der Waals surface area contributed by atoms with E-state index in [0.717, 1.165) is 21.2 Å². The second kappa shape index (κ2) is 7.90. The molecule has 0 spiro atoms. The fourth-order valence-electron chi connectivity index (χ4n) is 2.25. The van der Waals surface area contributed by atoms with Gasteiger partial charge in [-0.2, -0.15) is 0 Å². The number of nitrogens with one attached hydrogen (secondary N) is 1. The average Bonchev–Trinajstić information content (AvgIpc) is 2.55. The summed E-state index contributed by atoms with van der Waals surface area (Å²) in [5.74, 6) is 0.921. The first-order valence-corrected chi connectivity index (χ1v) is 8.53. The number of ether oxygens (including phenoxy) is 2. The molecule has 0 heterocycles. The van der Waals surface area contributed by atoms with Crippen LogP contribution in [0.3, 0.4) is 0 Å². The van der Waals surface area contributed by atoms with Crippen LogP contribution < -0.4 is 14.8 Å². The summed E-state index contributed by atoms with van der Waals surface area (Å²) in [7, 11) is 1.56. The van der Waals surface area contributed by atoms with Gasteiger partial charge in [0.25, 0.3) is 5.91 Å². The minimum atomic E-state index is -0.268. The zero-order valence-electron chi connectivity index (χ0n) is 14.0. The normalized spacial score (nSPS) is 10.4. The maximum atomic E-state index is 12.2. The summed E-state index contributed by atoms with van der Waals surface area (Å²) < 4.78 is 11.6. The smallest absolute Gasteiger partial charge is 0.262 e. The quantitative estimate of drug-likeness (QED) is 0.747. The van der Waals surface area contributed by atoms with E-state index in [2.05, 4.69) is 21.2 Å². The van der Waals surface area contributed by atoms with Crippen LogP contribution in [-0.4, -0.2) is 19.6 Å². The Morgan fingerprint density at radius 1 is 1.21 bits per heavy atom. The van der Waals surface area contributed by atoms with E-state index in [1.807, 2.05) is 39.0 Å². The minimum Gasteiger partial charge on any atom is -0.495 e. The van der Waals surface area contributed by atoms with Gasteiger partial charge in [-0.3, -0.25) is 4.79 Å². The largest absolute Gasteiger partial charge is 0.495 e. The number of carbonyl (C=O) groups is 1. The Balaban J connectivity index is 2.08. The zero-order chi connectivity index (χ0) is 17.9. The average molecular weight is 413 g/mol. The molecule has 2 aromatic rings. The van der Waals surface area contributed by atoms with E-state index in [4.69, 9.17) is 21.1 Å². The van der Waals surface area contributed by atoms with Gasteiger partial charge in [-0.05, 0) is 71.6 Å². The van der Waals surface area contributed by atoms with E-state index in [1.54, 1.807) is 13.2 Å². The van der Waals surface area contributed by atoms with Crippen molar-refractivity contribution < 1.29 is 14.3 Å². The number of benzene rings is 2. The Kier molecular flexibility index (Phi) is 6.13. The van der Waals surface area contributed by atoms with Crippen molar-refractivity contribution in [1.82, 2.24) is 0 Å². The molecular formula is C18H19BrClNO3. The van der Waals surface area contributed by atoms with Crippen LogP contribution in [0.15, 0.2) is 28.7 Å². The van der Waals surface area contributed by atoms with Gasteiger partial charge in [-0.25, -0.2) is 0 Å². The van der Waals surface area contributed by atoms with Gasteiger partial charge in [0, 0.05) is 5.02 Å². The van der Waals surface area contributed by atoms with Crippen molar-refractivity contribution in [3.63, 3.8) is 0 Å². The molecule has 24 heavy (non-hydrogen) atoms. The highest BCUT2D eigenvalue weighted by Crippen LogP contribution is 2.35. The van der Waals surface area contributed by atoms with Gasteiger partial charge in [0.2, 0.25) is 0 Å². The number of amides is 1. The molecule has 0 unspecified atom stereocenters. The first kappa shape index (κ1) is 18.6. The molecule has 0 aliphatic heterocycles. The molecular weight excluding hydrogens is 394 g/mol. The Morgan fingerprint density at radius 3 is 2.58 bits per heavy atom. The van der Waals surface area contributed by atoms with Gasteiger partial charge in [0.15, 0.2) is 6.61 Å². The topological polar surface area (TPSA) is 47.6 Å². The second-order valence-corrected chi connectivity index (χ2v) is 6.66. The fraction of sp³-hybridized carbons (Fsp3) is 0.278. The molecule has 1 N–H and O–H groups in total. The second-order valence-electron chi connectivity index (χ2n) is 5.49. The summed E-state index contributed by atoms with van der Waals surface area (Å²) in [6.07, 6.45) is 0. The molecule has 0 aliphatic carbocycles. The van der Waals surface area contributed by atoms with Crippen molar-refractivity contribution in [2.24, 2.45) is 0 Å². The molecule has 0 bridgehead atoms. The number of hydrogen-bond acceptors (Lipinski definition) is 3. The van der Waals surface area contributed by atoms with Crippen LogP contribution in [0.1, 0.15) is 16.7 Å². The number of carbonyl (C=O) groups excluding carboxylic acids is 1. The van der Waals surface area contributed by atoms with Crippen molar-refractivity contribution in [2.75, 3.05) is 19.0 Å². The first-order valence-electron chi connectivity index (χ1n) is 7.36. The summed E-state index contributed by atoms with van der Waals surface area (Å²) >= 11 is 9.65. The SMILES string of the molecule is COc1ccc(C)cc1NC(=O)COc1cc(C)c(Cl)c(C)c1Br. The number of anilines is 1. The lowest BCUT2D eigenvalue weighted by molar-refractivity contribution is -0.118. The molecule has 0 saturated carbocycles. The molecule has 6 heteroatoms. The Morgan fingerprint density at radius 2 is 1.92 bits per heavy atom. The Hall–Kier alpha value is -1.72. The van der Waals surface area contributed by atoms with Gasteiger partial charge in [0.05, 0.1) is 17.3 Å². The number of hydrogen-bond donors (Lipinski definition) is 1. The standard InChI is InChI=1S/C18H19BrClNO3/c1-10-5-6-14(23-4)13(7-10)21-16(22)9-24-15-8-11(2)18(20)12(3)17(15)19/h5-8H,9H2,1-4H3,(H,21,22). The molecule has 0 radical (unpaired) electrons. The van der Waals surface area contributed by atoms with Crippen LogP contribution in [0.2, 0.25) is 5.02 Å². The minimum absolute atomic E-state index is 0.115. The van der Waals surface area contributed by atoms with Crippen LogP contribution in [0, 0.1) is 20.8 Å². The number of rotatable bonds is 5. The molecule has 0 atom stereocenters. The predicted octanol–water partition coefficient (Wildman–Crippen LogP) is 5.05. The van der Waals surface area contributed by atoms with E-state index in [1.165, 1.54) is 0 Å². The molecule has 0 fully saturated rings. The van der Waals surface area contributed by atoms with E-state index in [0.29, 0.717) is 22.2 Å². The highest BCUT2D eigenvalue weighted by Gasteiger charge is 2.13. The highest BCUT2D eigenvalue weighted by atomic mass is 79.9. The Labute approximate surface area is 155 Å². The lowest BCUT2D eigenvalue weighted by Gasteiger charge is -2.14. The van der Waals surface area contributed by atoms with Crippen LogP contribution in [0.4, 0.5) is 5.69 Å². The van der Waals surface area contributed by atoms with Crippen molar-refractivity contribution in [3.05, 3.63) is 50.5 Å². The van der Waals surface area contributed by atoms with Crippen LogP contribution >= 0.6 is 27.5 Å². The van der Waals surface area contributed by atoms with Crippen LogP contribution in [-0.2, 0) is 4.79 Å². The summed E-state index contributed by atoms with van der Waals surface area (Å²) in [6, 6.07) is 7.39. The van der Waals surface area contributed by atoms with Crippen molar-refractivity contribution in [2.45, 2.75) is 20.8 Å². The third-order valence-corrected chi connectivity index (χ3v) is 5.12. The van der Waals surface area contributed by atoms with Crippen molar-refractivity contribution in [1.29, 1.82) is 0 Å². The first-order chi connectivity index (χ1) is 11.3. The molecule has 1 amide bonds. The van der Waals surface area contributed by atoms with Gasteiger partial charge < -0.3 is 14.8 Å². The van der Waals surface area contributed by atoms with Crippen LogP contribution in [0.25, 0.3) is 0 Å². The lowest BCUT2D eigenvalue weighted by atomic mass is 10.1. The molecule has 128 valence electrons. The number of halogens is 2. The Bertz CT molecular complexity index is 777. The molecule has 0 aromatic heterocycles. The molecule has 0 aliphatic rings. The number of methoxy groups -OCH3 is 1. The fourth-order valence-corrected chi connectivity index (χ4v) is 2.94. The number of aryl methyl sites for hydroxylation is 2. The zero-order valence-corrected chi connectivity index (χ0v) is 16.3. The predicted molar refractivity (Wildman–Crippen MR) is 100 cm³/mol. The van der Waals surface area contributed by atoms with Gasteiger partial charge in [-0.15, -0.1) is 0 Å². The van der Waals surface area contributed by atoms with E-state index < -0.39 is 0 Å². The van der Waals surface area contributed by atoms with Gasteiger partial charge in [0.1, 0.15) is 11.5 Å². The monoisotopic (exact) mass is 411 g/mol. The van der Waals surface area contributed by atoms with Crippen LogP contribution in [0.5, 0.6) is 11.5 Å². The summed E-state index contributed by atoms with van der Waals surface area (Å²) in [6.45, 7) is 5.62. The van der Waals surface area contributed by atoms with Crippen molar-refractivity contribution >= 4 is 39.1 Å². The third-order valence-electron chi connectivity index (χ3n) is 3.56. The summed E-state index contributed by atoms with van der Waals surface area (Å²) in [4.78, 5) is 12.2. The van der Waals surface area contributed by atoms with Crippen molar-refractivity contribution in [3.8, 4) is 11.5 Å². The van der Waals surface area contributed by atoms with E-state index in [9.17, 15) is 4.79 Å². The van der Waals surface area contributed by atoms with Gasteiger partial charge >= 0.3 is 0 Å². The van der Waals surface area contributed by atoms with Gasteiger partial charge in [-0.1, -0.05) is 17.7 Å². The molecule has 2 rings (SSSR count).